The number of benzene rings is 1. The first-order chi connectivity index (χ1) is 9.89. The maximum Gasteiger partial charge on any atom is 0.573 e. The van der Waals surface area contributed by atoms with Gasteiger partial charge in [0.05, 0.1) is 0 Å². The summed E-state index contributed by atoms with van der Waals surface area (Å²) in [5.41, 5.74) is 0.768. The van der Waals surface area contributed by atoms with Crippen LogP contribution >= 0.6 is 11.3 Å². The number of nitrogens with one attached hydrogen (secondary N) is 1. The fourth-order valence-corrected chi connectivity index (χ4v) is 2.77. The molecule has 0 aliphatic carbocycles. The van der Waals surface area contributed by atoms with Crippen LogP contribution in [0.5, 0.6) is 5.75 Å². The molecule has 0 saturated heterocycles. The van der Waals surface area contributed by atoms with Gasteiger partial charge in [-0.2, -0.15) is 0 Å². The first-order valence-corrected chi connectivity index (χ1v) is 7.26. The topological polar surface area (TPSA) is 34.2 Å². The van der Waals surface area contributed by atoms with Crippen LogP contribution in [0.2, 0.25) is 0 Å². The van der Waals surface area contributed by atoms with E-state index in [1.807, 2.05) is 13.8 Å². The number of thiazole rings is 1. The molecule has 0 radical (unpaired) electrons. The Hall–Kier alpha value is -1.60. The summed E-state index contributed by atoms with van der Waals surface area (Å²) in [7, 11) is 0. The Kier molecular flexibility index (Phi) is 4.84. The highest BCUT2D eigenvalue weighted by Gasteiger charge is 2.31. The van der Waals surface area contributed by atoms with Crippen molar-refractivity contribution in [1.82, 2.24) is 10.3 Å². The van der Waals surface area contributed by atoms with Crippen molar-refractivity contribution in [1.29, 1.82) is 0 Å². The lowest BCUT2D eigenvalue weighted by atomic mass is 10.2. The fraction of sp³-hybridized carbons (Fsp3) is 0.357. The van der Waals surface area contributed by atoms with Crippen LogP contribution in [0.25, 0.3) is 10.6 Å². The predicted molar refractivity (Wildman–Crippen MR) is 76.3 cm³/mol. The third-order valence-electron chi connectivity index (χ3n) is 2.80. The molecule has 0 aliphatic heterocycles. The summed E-state index contributed by atoms with van der Waals surface area (Å²) in [6, 6.07) is 5.92. The Labute approximate surface area is 124 Å². The van der Waals surface area contributed by atoms with E-state index in [0.717, 1.165) is 22.0 Å². The van der Waals surface area contributed by atoms with Crippen LogP contribution in [0.1, 0.15) is 24.8 Å². The number of halogens is 3. The van der Waals surface area contributed by atoms with Crippen molar-refractivity contribution in [3.63, 3.8) is 0 Å². The van der Waals surface area contributed by atoms with Gasteiger partial charge in [0.1, 0.15) is 10.8 Å². The molecule has 1 N–H and O–H groups in total. The zero-order chi connectivity index (χ0) is 15.5. The molecule has 1 unspecified atom stereocenters. The van der Waals surface area contributed by atoms with Crippen molar-refractivity contribution in [3.8, 4) is 16.3 Å². The number of nitrogens with zero attached hydrogens (tertiary/aromatic N) is 1. The summed E-state index contributed by atoms with van der Waals surface area (Å²) in [5.74, 6) is -0.232. The van der Waals surface area contributed by atoms with Crippen LogP contribution in [-0.2, 0) is 0 Å². The molecule has 2 rings (SSSR count). The summed E-state index contributed by atoms with van der Waals surface area (Å²) in [6.45, 7) is 4.93. The summed E-state index contributed by atoms with van der Waals surface area (Å²) in [5, 5.41) is 4.06. The lowest BCUT2D eigenvalue weighted by molar-refractivity contribution is -0.274. The average molecular weight is 316 g/mol. The van der Waals surface area contributed by atoms with Gasteiger partial charge in [-0.1, -0.05) is 6.92 Å². The number of hydrogen-bond acceptors (Lipinski definition) is 4. The molecule has 1 heterocycles. The number of ether oxygens (including phenoxy) is 1. The molecule has 2 aromatic rings. The van der Waals surface area contributed by atoms with E-state index >= 15 is 0 Å². The van der Waals surface area contributed by atoms with Gasteiger partial charge in [0, 0.05) is 22.7 Å². The lowest BCUT2D eigenvalue weighted by Crippen LogP contribution is -2.16. The molecule has 114 valence electrons. The quantitative estimate of drug-likeness (QED) is 0.889. The lowest BCUT2D eigenvalue weighted by Gasteiger charge is -2.09. The van der Waals surface area contributed by atoms with Gasteiger partial charge in [-0.15, -0.1) is 24.5 Å². The van der Waals surface area contributed by atoms with Crippen molar-refractivity contribution in [3.05, 3.63) is 35.3 Å². The van der Waals surface area contributed by atoms with Gasteiger partial charge in [0.15, 0.2) is 0 Å². The van der Waals surface area contributed by atoms with Crippen molar-refractivity contribution in [2.75, 3.05) is 6.54 Å². The maximum absolute atomic E-state index is 12.1. The summed E-state index contributed by atoms with van der Waals surface area (Å²) < 4.78 is 40.1. The SMILES string of the molecule is CCNC(C)c1cnc(-c2ccc(OC(F)(F)F)cc2)s1. The van der Waals surface area contributed by atoms with E-state index in [2.05, 4.69) is 15.0 Å². The third-order valence-corrected chi connectivity index (χ3v) is 4.02. The van der Waals surface area contributed by atoms with Crippen molar-refractivity contribution in [2.24, 2.45) is 0 Å². The smallest absolute Gasteiger partial charge is 0.406 e. The Morgan fingerprint density at radius 1 is 1.29 bits per heavy atom. The first kappa shape index (κ1) is 15.8. The van der Waals surface area contributed by atoms with Crippen LogP contribution in [0.15, 0.2) is 30.5 Å². The number of hydrogen-bond donors (Lipinski definition) is 1. The van der Waals surface area contributed by atoms with Crippen molar-refractivity contribution >= 4 is 11.3 Å². The molecule has 0 amide bonds. The average Bonchev–Trinajstić information content (AvgIpc) is 2.87. The van der Waals surface area contributed by atoms with Gasteiger partial charge in [0.25, 0.3) is 0 Å². The second kappa shape index (κ2) is 6.44. The fourth-order valence-electron chi connectivity index (χ4n) is 1.83. The highest BCUT2D eigenvalue weighted by molar-refractivity contribution is 7.15. The van der Waals surface area contributed by atoms with E-state index in [9.17, 15) is 13.2 Å². The van der Waals surface area contributed by atoms with E-state index < -0.39 is 6.36 Å². The Morgan fingerprint density at radius 2 is 1.95 bits per heavy atom. The van der Waals surface area contributed by atoms with E-state index in [1.54, 1.807) is 18.3 Å². The van der Waals surface area contributed by atoms with Crippen LogP contribution in [0.4, 0.5) is 13.2 Å². The molecule has 21 heavy (non-hydrogen) atoms. The van der Waals surface area contributed by atoms with Gasteiger partial charge in [0.2, 0.25) is 0 Å². The van der Waals surface area contributed by atoms with Crippen LogP contribution in [0, 0.1) is 0 Å². The Bertz CT molecular complexity index is 581. The van der Waals surface area contributed by atoms with E-state index in [0.29, 0.717) is 0 Å². The molecular weight excluding hydrogens is 301 g/mol. The van der Waals surface area contributed by atoms with Gasteiger partial charge >= 0.3 is 6.36 Å². The van der Waals surface area contributed by atoms with E-state index in [4.69, 9.17) is 0 Å². The standard InChI is InChI=1S/C14H15F3N2OS/c1-3-18-9(2)12-8-19-13(21-12)10-4-6-11(7-5-10)20-14(15,16)17/h4-9,18H,3H2,1-2H3. The predicted octanol–water partition coefficient (Wildman–Crippen LogP) is 4.38. The molecule has 0 saturated carbocycles. The second-order valence-corrected chi connectivity index (χ2v) is 5.48. The molecule has 0 aliphatic rings. The minimum atomic E-state index is -4.67. The second-order valence-electron chi connectivity index (χ2n) is 4.42. The maximum atomic E-state index is 12.1. The molecular formula is C14H15F3N2OS. The highest BCUT2D eigenvalue weighted by Crippen LogP contribution is 2.30. The molecule has 3 nitrogen and oxygen atoms in total. The van der Waals surface area contributed by atoms with Crippen molar-refractivity contribution < 1.29 is 17.9 Å². The summed E-state index contributed by atoms with van der Waals surface area (Å²) >= 11 is 1.52. The minimum absolute atomic E-state index is 0.203. The number of alkyl halides is 3. The molecule has 0 bridgehead atoms. The van der Waals surface area contributed by atoms with E-state index in [1.165, 1.54) is 23.5 Å². The molecule has 1 aromatic heterocycles. The summed E-state index contributed by atoms with van der Waals surface area (Å²) in [4.78, 5) is 5.40. The zero-order valence-electron chi connectivity index (χ0n) is 11.6. The van der Waals surface area contributed by atoms with Gasteiger partial charge in [-0.3, -0.25) is 0 Å². The highest BCUT2D eigenvalue weighted by atomic mass is 32.1. The Balaban J connectivity index is 2.12. The van der Waals surface area contributed by atoms with Gasteiger partial charge in [-0.25, -0.2) is 4.98 Å². The monoisotopic (exact) mass is 316 g/mol. The number of aromatic nitrogens is 1. The molecule has 1 atom stereocenters. The molecule has 0 spiro atoms. The largest absolute Gasteiger partial charge is 0.573 e. The first-order valence-electron chi connectivity index (χ1n) is 6.44. The van der Waals surface area contributed by atoms with Crippen LogP contribution in [-0.4, -0.2) is 17.9 Å². The van der Waals surface area contributed by atoms with Gasteiger partial charge < -0.3 is 10.1 Å². The molecule has 7 heteroatoms. The summed E-state index contributed by atoms with van der Waals surface area (Å²) in [6.07, 6.45) is -2.88. The Morgan fingerprint density at radius 3 is 2.52 bits per heavy atom. The normalized spacial score (nSPS) is 13.2. The van der Waals surface area contributed by atoms with Crippen molar-refractivity contribution in [2.45, 2.75) is 26.3 Å². The van der Waals surface area contributed by atoms with Crippen LogP contribution in [0.3, 0.4) is 0 Å². The third kappa shape index (κ3) is 4.44. The van der Waals surface area contributed by atoms with Gasteiger partial charge in [-0.05, 0) is 37.7 Å². The van der Waals surface area contributed by atoms with E-state index in [-0.39, 0.29) is 11.8 Å². The van der Waals surface area contributed by atoms with Crippen LogP contribution < -0.4 is 10.1 Å². The molecule has 1 aromatic carbocycles. The molecule has 0 fully saturated rings. The zero-order valence-corrected chi connectivity index (χ0v) is 12.4. The number of rotatable bonds is 5. The minimum Gasteiger partial charge on any atom is -0.406 e.